The largest absolute Gasteiger partial charge is 0.322 e. The molecule has 6 heteroatoms. The van der Waals surface area contributed by atoms with Crippen molar-refractivity contribution in [1.29, 1.82) is 0 Å². The molecular weight excluding hydrogens is 272 g/mol. The van der Waals surface area contributed by atoms with Gasteiger partial charge in [-0.1, -0.05) is 19.9 Å². The lowest BCUT2D eigenvalue weighted by atomic mass is 10.1. The first-order valence-electron chi connectivity index (χ1n) is 6.47. The van der Waals surface area contributed by atoms with Gasteiger partial charge in [0.1, 0.15) is 10.8 Å². The van der Waals surface area contributed by atoms with E-state index in [2.05, 4.69) is 29.1 Å². The van der Waals surface area contributed by atoms with E-state index in [1.807, 2.05) is 11.4 Å². The van der Waals surface area contributed by atoms with Gasteiger partial charge in [0.05, 0.1) is 18.2 Å². The molecule has 2 rings (SSSR count). The van der Waals surface area contributed by atoms with Crippen LogP contribution in [0, 0.1) is 5.92 Å². The van der Waals surface area contributed by atoms with Crippen LogP contribution in [0.4, 0.5) is 5.82 Å². The van der Waals surface area contributed by atoms with Crippen molar-refractivity contribution in [2.24, 2.45) is 11.7 Å². The Bertz CT molecular complexity index is 568. The second-order valence-electron chi connectivity index (χ2n) is 4.89. The topological polar surface area (TPSA) is 80.9 Å². The van der Waals surface area contributed by atoms with Crippen LogP contribution in [0.15, 0.2) is 29.8 Å². The summed E-state index contributed by atoms with van der Waals surface area (Å²) in [4.78, 5) is 20.3. The minimum absolute atomic E-state index is 0.0763. The highest BCUT2D eigenvalue weighted by molar-refractivity contribution is 7.09. The Labute approximate surface area is 122 Å². The third-order valence-electron chi connectivity index (χ3n) is 2.85. The van der Waals surface area contributed by atoms with Crippen molar-refractivity contribution in [2.45, 2.75) is 26.3 Å². The smallest absolute Gasteiger partial charge is 0.231 e. The summed E-state index contributed by atoms with van der Waals surface area (Å²) in [6, 6.07) is 5.30. The molecule has 2 aromatic rings. The van der Waals surface area contributed by atoms with Gasteiger partial charge < -0.3 is 11.1 Å². The van der Waals surface area contributed by atoms with Crippen LogP contribution in [0.3, 0.4) is 0 Å². The lowest BCUT2D eigenvalue weighted by Gasteiger charge is -2.11. The van der Waals surface area contributed by atoms with E-state index < -0.39 is 0 Å². The number of carbonyl (C=O) groups excluding carboxylic acids is 1. The monoisotopic (exact) mass is 290 g/mol. The molecule has 2 heterocycles. The lowest BCUT2D eigenvalue weighted by molar-refractivity contribution is -0.115. The number of hydrogen-bond acceptors (Lipinski definition) is 5. The molecule has 1 amide bonds. The summed E-state index contributed by atoms with van der Waals surface area (Å²) in [6.07, 6.45) is 1.87. The number of aromatic nitrogens is 2. The van der Waals surface area contributed by atoms with Gasteiger partial charge in [-0.05, 0) is 18.1 Å². The highest BCUT2D eigenvalue weighted by Gasteiger charge is 2.15. The van der Waals surface area contributed by atoms with Crippen LogP contribution in [-0.4, -0.2) is 15.9 Å². The molecule has 0 fully saturated rings. The van der Waals surface area contributed by atoms with Gasteiger partial charge in [-0.2, -0.15) is 0 Å². The van der Waals surface area contributed by atoms with E-state index in [1.54, 1.807) is 18.3 Å². The molecule has 1 unspecified atom stereocenters. The summed E-state index contributed by atoms with van der Waals surface area (Å²) < 4.78 is 0. The summed E-state index contributed by atoms with van der Waals surface area (Å²) in [5, 5.41) is 5.50. The third kappa shape index (κ3) is 3.85. The van der Waals surface area contributed by atoms with Gasteiger partial charge in [0.15, 0.2) is 0 Å². The van der Waals surface area contributed by atoms with Crippen molar-refractivity contribution >= 4 is 23.1 Å². The Hall–Kier alpha value is -1.79. The number of pyridine rings is 1. The third-order valence-corrected chi connectivity index (χ3v) is 3.84. The molecule has 106 valence electrons. The average molecular weight is 290 g/mol. The van der Waals surface area contributed by atoms with Gasteiger partial charge in [-0.25, -0.2) is 9.97 Å². The van der Waals surface area contributed by atoms with E-state index in [0.29, 0.717) is 11.7 Å². The number of nitrogens with two attached hydrogens (primary N) is 1. The van der Waals surface area contributed by atoms with Crippen molar-refractivity contribution in [1.82, 2.24) is 9.97 Å². The maximum atomic E-state index is 11.9. The Morgan fingerprint density at radius 3 is 2.90 bits per heavy atom. The number of amides is 1. The molecule has 0 aliphatic carbocycles. The van der Waals surface area contributed by atoms with Crippen LogP contribution in [0.1, 0.15) is 30.6 Å². The van der Waals surface area contributed by atoms with Crippen LogP contribution < -0.4 is 11.1 Å². The van der Waals surface area contributed by atoms with Crippen molar-refractivity contribution in [3.8, 4) is 0 Å². The molecule has 1 atom stereocenters. The van der Waals surface area contributed by atoms with Crippen LogP contribution in [0.5, 0.6) is 0 Å². The predicted molar refractivity (Wildman–Crippen MR) is 80.5 cm³/mol. The van der Waals surface area contributed by atoms with Gasteiger partial charge in [-0.15, -0.1) is 11.3 Å². The standard InChI is InChI=1S/C14H18N4OS/c1-9(2)13(15)14-17-10(8-20-14)7-12(19)18-11-5-3-4-6-16-11/h3-6,8-9,13H,7,15H2,1-2H3,(H,16,18,19). The van der Waals surface area contributed by atoms with Crippen LogP contribution in [0.25, 0.3) is 0 Å². The first-order chi connectivity index (χ1) is 9.56. The first-order valence-corrected chi connectivity index (χ1v) is 7.35. The van der Waals surface area contributed by atoms with Gasteiger partial charge >= 0.3 is 0 Å². The van der Waals surface area contributed by atoms with E-state index in [4.69, 9.17) is 5.73 Å². The number of thiazole rings is 1. The summed E-state index contributed by atoms with van der Waals surface area (Å²) in [6.45, 7) is 4.11. The molecule has 0 aromatic carbocycles. The summed E-state index contributed by atoms with van der Waals surface area (Å²) in [7, 11) is 0. The van der Waals surface area contributed by atoms with E-state index in [1.165, 1.54) is 11.3 Å². The Morgan fingerprint density at radius 1 is 1.45 bits per heavy atom. The number of nitrogens with zero attached hydrogens (tertiary/aromatic N) is 2. The van der Waals surface area contributed by atoms with Crippen LogP contribution >= 0.6 is 11.3 Å². The Morgan fingerprint density at radius 2 is 2.25 bits per heavy atom. The van der Waals surface area contributed by atoms with E-state index >= 15 is 0 Å². The normalized spacial score (nSPS) is 12.4. The molecule has 5 nitrogen and oxygen atoms in total. The fourth-order valence-electron chi connectivity index (χ4n) is 1.63. The van der Waals surface area contributed by atoms with E-state index in [9.17, 15) is 4.79 Å². The predicted octanol–water partition coefficient (Wildman–Crippen LogP) is 2.38. The van der Waals surface area contributed by atoms with Crippen molar-refractivity contribution in [2.75, 3.05) is 5.32 Å². The molecule has 3 N–H and O–H groups in total. The second-order valence-corrected chi connectivity index (χ2v) is 5.78. The number of rotatable bonds is 5. The van der Waals surface area contributed by atoms with Crippen LogP contribution in [-0.2, 0) is 11.2 Å². The maximum Gasteiger partial charge on any atom is 0.231 e. The van der Waals surface area contributed by atoms with Crippen molar-refractivity contribution in [3.63, 3.8) is 0 Å². The van der Waals surface area contributed by atoms with Gasteiger partial charge in [0, 0.05) is 11.6 Å². The SMILES string of the molecule is CC(C)C(N)c1nc(CC(=O)Nc2ccccn2)cs1. The molecular formula is C14H18N4OS. The Kier molecular flexibility index (Phi) is 4.81. The number of carbonyl (C=O) groups is 1. The minimum atomic E-state index is -0.126. The highest BCUT2D eigenvalue weighted by atomic mass is 32.1. The molecule has 0 spiro atoms. The van der Waals surface area contributed by atoms with Gasteiger partial charge in [0.2, 0.25) is 5.91 Å². The fourth-order valence-corrected chi connectivity index (χ4v) is 2.62. The molecule has 2 aromatic heterocycles. The minimum Gasteiger partial charge on any atom is -0.322 e. The number of nitrogens with one attached hydrogen (secondary N) is 1. The fraction of sp³-hybridized carbons (Fsp3) is 0.357. The molecule has 0 saturated heterocycles. The average Bonchev–Trinajstić information content (AvgIpc) is 2.87. The molecule has 20 heavy (non-hydrogen) atoms. The Balaban J connectivity index is 1.95. The summed E-state index contributed by atoms with van der Waals surface area (Å²) in [5.74, 6) is 0.752. The molecule has 0 aliphatic rings. The molecule has 0 bridgehead atoms. The molecule has 0 saturated carbocycles. The summed E-state index contributed by atoms with van der Waals surface area (Å²) >= 11 is 1.50. The summed E-state index contributed by atoms with van der Waals surface area (Å²) in [5.41, 5.74) is 6.79. The lowest BCUT2D eigenvalue weighted by Crippen LogP contribution is -2.17. The molecule has 0 radical (unpaired) electrons. The number of anilines is 1. The van der Waals surface area contributed by atoms with E-state index in [-0.39, 0.29) is 18.4 Å². The zero-order chi connectivity index (χ0) is 14.5. The zero-order valence-electron chi connectivity index (χ0n) is 11.5. The first kappa shape index (κ1) is 14.6. The van der Waals surface area contributed by atoms with Crippen molar-refractivity contribution < 1.29 is 4.79 Å². The van der Waals surface area contributed by atoms with Crippen LogP contribution in [0.2, 0.25) is 0 Å². The number of hydrogen-bond donors (Lipinski definition) is 2. The van der Waals surface area contributed by atoms with Gasteiger partial charge in [0.25, 0.3) is 0 Å². The molecule has 0 aliphatic heterocycles. The zero-order valence-corrected chi connectivity index (χ0v) is 12.4. The van der Waals surface area contributed by atoms with Gasteiger partial charge in [-0.3, -0.25) is 4.79 Å². The highest BCUT2D eigenvalue weighted by Crippen LogP contribution is 2.22. The maximum absolute atomic E-state index is 11.9. The van der Waals surface area contributed by atoms with Crippen molar-refractivity contribution in [3.05, 3.63) is 40.5 Å². The van der Waals surface area contributed by atoms with E-state index in [0.717, 1.165) is 10.7 Å². The quantitative estimate of drug-likeness (QED) is 0.886. The second kappa shape index (κ2) is 6.58.